The van der Waals surface area contributed by atoms with Crippen LogP contribution in [0.1, 0.15) is 37.4 Å². The molecule has 0 aliphatic carbocycles. The summed E-state index contributed by atoms with van der Waals surface area (Å²) in [6.07, 6.45) is 7.03. The molecule has 6 nitrogen and oxygen atoms in total. The van der Waals surface area contributed by atoms with Crippen LogP contribution < -0.4 is 5.32 Å². The molecule has 1 aromatic heterocycles. The lowest BCUT2D eigenvalue weighted by Gasteiger charge is -2.39. The number of aliphatic imine (C=N–C) groups is 1. The molecule has 3 rings (SSSR count). The molecule has 0 radical (unpaired) electrons. The number of rotatable bonds is 6. The van der Waals surface area contributed by atoms with Gasteiger partial charge in [-0.2, -0.15) is 0 Å². The van der Waals surface area contributed by atoms with Gasteiger partial charge in [-0.05, 0) is 44.5 Å². The maximum atomic E-state index is 4.96. The van der Waals surface area contributed by atoms with Crippen molar-refractivity contribution in [3.05, 3.63) is 54.1 Å². The minimum absolute atomic E-state index is 0. The standard InChI is InChI=1S/C22H34N6.HI/c1-5-24-22(25-14-19-7-6-8-20(13-19)15-26(3)4)27-11-9-18(2)21(16-27)28-12-10-23-17-28;/h6-8,10,12-13,17-18,21H,5,9,11,14-16H2,1-4H3,(H,24,25);1H. The Balaban J connectivity index is 0.00000300. The van der Waals surface area contributed by atoms with Crippen LogP contribution in [0.2, 0.25) is 0 Å². The van der Waals surface area contributed by atoms with Gasteiger partial charge in [-0.15, -0.1) is 24.0 Å². The zero-order valence-electron chi connectivity index (χ0n) is 18.1. The molecule has 0 spiro atoms. The van der Waals surface area contributed by atoms with E-state index in [1.165, 1.54) is 11.1 Å². The Morgan fingerprint density at radius 3 is 2.79 bits per heavy atom. The van der Waals surface area contributed by atoms with Crippen LogP contribution in [0.3, 0.4) is 0 Å². The van der Waals surface area contributed by atoms with Crippen molar-refractivity contribution in [3.8, 4) is 0 Å². The van der Waals surface area contributed by atoms with Crippen LogP contribution in [-0.2, 0) is 13.1 Å². The van der Waals surface area contributed by atoms with Gasteiger partial charge in [0, 0.05) is 38.6 Å². The zero-order chi connectivity index (χ0) is 19.9. The van der Waals surface area contributed by atoms with Crippen molar-refractivity contribution in [1.82, 2.24) is 24.7 Å². The van der Waals surface area contributed by atoms with E-state index in [-0.39, 0.29) is 24.0 Å². The van der Waals surface area contributed by atoms with Gasteiger partial charge in [-0.25, -0.2) is 9.98 Å². The van der Waals surface area contributed by atoms with E-state index in [2.05, 4.69) is 83.1 Å². The van der Waals surface area contributed by atoms with Gasteiger partial charge in [0.1, 0.15) is 0 Å². The van der Waals surface area contributed by atoms with Crippen molar-refractivity contribution in [2.24, 2.45) is 10.9 Å². The van der Waals surface area contributed by atoms with Gasteiger partial charge in [0.25, 0.3) is 0 Å². The number of guanidine groups is 1. The summed E-state index contributed by atoms with van der Waals surface area (Å²) in [4.78, 5) is 13.8. The Labute approximate surface area is 192 Å². The number of nitrogens with zero attached hydrogens (tertiary/aromatic N) is 5. The minimum atomic E-state index is 0. The van der Waals surface area contributed by atoms with Crippen molar-refractivity contribution in [2.45, 2.75) is 39.4 Å². The fourth-order valence-electron chi connectivity index (χ4n) is 3.88. The number of piperidine rings is 1. The molecule has 1 N–H and O–H groups in total. The number of likely N-dealkylation sites (tertiary alicyclic amines) is 1. The van der Waals surface area contributed by atoms with Crippen molar-refractivity contribution < 1.29 is 0 Å². The molecule has 0 bridgehead atoms. The molecule has 2 atom stereocenters. The molecular weight excluding hydrogens is 475 g/mol. The first kappa shape index (κ1) is 23.7. The van der Waals surface area contributed by atoms with Crippen LogP contribution in [0.25, 0.3) is 0 Å². The van der Waals surface area contributed by atoms with E-state index in [1.807, 2.05) is 12.5 Å². The first-order valence-corrected chi connectivity index (χ1v) is 10.3. The van der Waals surface area contributed by atoms with Gasteiger partial charge in [0.15, 0.2) is 5.96 Å². The number of nitrogens with one attached hydrogen (secondary N) is 1. The monoisotopic (exact) mass is 510 g/mol. The number of hydrogen-bond donors (Lipinski definition) is 1. The molecule has 160 valence electrons. The van der Waals surface area contributed by atoms with E-state index < -0.39 is 0 Å². The van der Waals surface area contributed by atoms with Crippen molar-refractivity contribution >= 4 is 29.9 Å². The molecule has 1 aliphatic heterocycles. The van der Waals surface area contributed by atoms with E-state index in [0.29, 0.717) is 18.5 Å². The van der Waals surface area contributed by atoms with E-state index >= 15 is 0 Å². The van der Waals surface area contributed by atoms with Crippen LogP contribution in [0.4, 0.5) is 0 Å². The Morgan fingerprint density at radius 1 is 1.31 bits per heavy atom. The molecule has 7 heteroatoms. The van der Waals surface area contributed by atoms with E-state index in [0.717, 1.165) is 38.6 Å². The van der Waals surface area contributed by atoms with Gasteiger partial charge < -0.3 is 19.7 Å². The predicted octanol–water partition coefficient (Wildman–Crippen LogP) is 3.61. The molecule has 0 amide bonds. The summed E-state index contributed by atoms with van der Waals surface area (Å²) in [5.41, 5.74) is 2.58. The number of halogens is 1. The van der Waals surface area contributed by atoms with Crippen LogP contribution in [-0.4, -0.2) is 59.0 Å². The molecule has 1 aliphatic rings. The van der Waals surface area contributed by atoms with Crippen molar-refractivity contribution in [3.63, 3.8) is 0 Å². The summed E-state index contributed by atoms with van der Waals surface area (Å²) in [6.45, 7) is 9.00. The highest BCUT2D eigenvalue weighted by Crippen LogP contribution is 2.27. The normalized spacial score (nSPS) is 19.9. The second kappa shape index (κ2) is 11.5. The lowest BCUT2D eigenvalue weighted by Crippen LogP contribution is -2.49. The van der Waals surface area contributed by atoms with Crippen molar-refractivity contribution in [2.75, 3.05) is 33.7 Å². The Morgan fingerprint density at radius 2 is 2.10 bits per heavy atom. The maximum absolute atomic E-state index is 4.96. The first-order chi connectivity index (χ1) is 13.6. The molecule has 1 saturated heterocycles. The molecule has 2 aromatic rings. The van der Waals surface area contributed by atoms with Crippen LogP contribution in [0.5, 0.6) is 0 Å². The summed E-state index contributed by atoms with van der Waals surface area (Å²) in [5, 5.41) is 3.49. The third-order valence-corrected chi connectivity index (χ3v) is 5.36. The average molecular weight is 510 g/mol. The highest BCUT2D eigenvalue weighted by molar-refractivity contribution is 14.0. The smallest absolute Gasteiger partial charge is 0.194 e. The van der Waals surface area contributed by atoms with Crippen LogP contribution in [0, 0.1) is 5.92 Å². The van der Waals surface area contributed by atoms with E-state index in [9.17, 15) is 0 Å². The number of aromatic nitrogens is 2. The lowest BCUT2D eigenvalue weighted by atomic mass is 9.93. The largest absolute Gasteiger partial charge is 0.357 e. The molecule has 2 unspecified atom stereocenters. The lowest BCUT2D eigenvalue weighted by molar-refractivity contribution is 0.189. The second-order valence-electron chi connectivity index (χ2n) is 8.02. The Bertz CT molecular complexity index is 758. The molecule has 1 aromatic carbocycles. The average Bonchev–Trinajstić information content (AvgIpc) is 3.20. The highest BCUT2D eigenvalue weighted by Gasteiger charge is 2.28. The maximum Gasteiger partial charge on any atom is 0.194 e. The van der Waals surface area contributed by atoms with Gasteiger partial charge in [0.2, 0.25) is 0 Å². The topological polar surface area (TPSA) is 48.7 Å². The molecular formula is C22H35IN6. The third-order valence-electron chi connectivity index (χ3n) is 5.36. The van der Waals surface area contributed by atoms with Gasteiger partial charge >= 0.3 is 0 Å². The summed E-state index contributed by atoms with van der Waals surface area (Å²) in [7, 11) is 4.20. The second-order valence-corrected chi connectivity index (χ2v) is 8.02. The fourth-order valence-corrected chi connectivity index (χ4v) is 3.88. The minimum Gasteiger partial charge on any atom is -0.357 e. The summed E-state index contributed by atoms with van der Waals surface area (Å²) in [5.74, 6) is 1.65. The number of benzene rings is 1. The van der Waals surface area contributed by atoms with Gasteiger partial charge in [-0.1, -0.05) is 31.2 Å². The molecule has 0 saturated carbocycles. The summed E-state index contributed by atoms with van der Waals surface area (Å²) in [6, 6.07) is 9.18. The Kier molecular flexibility index (Phi) is 9.42. The number of imidazole rings is 1. The SMILES string of the molecule is CCNC(=NCc1cccc(CN(C)C)c1)N1CCC(C)C(n2ccnc2)C1.I. The summed E-state index contributed by atoms with van der Waals surface area (Å²) >= 11 is 0. The third kappa shape index (κ3) is 6.70. The van der Waals surface area contributed by atoms with Crippen LogP contribution >= 0.6 is 24.0 Å². The highest BCUT2D eigenvalue weighted by atomic mass is 127. The first-order valence-electron chi connectivity index (χ1n) is 10.3. The van der Waals surface area contributed by atoms with Crippen LogP contribution in [0.15, 0.2) is 48.0 Å². The number of hydrogen-bond acceptors (Lipinski definition) is 3. The molecule has 2 heterocycles. The molecule has 1 fully saturated rings. The van der Waals surface area contributed by atoms with E-state index in [1.54, 1.807) is 0 Å². The molecule has 29 heavy (non-hydrogen) atoms. The Hall–Kier alpha value is -1.61. The van der Waals surface area contributed by atoms with Gasteiger partial charge in [0.05, 0.1) is 18.9 Å². The fraction of sp³-hybridized carbons (Fsp3) is 0.545. The quantitative estimate of drug-likeness (QED) is 0.367. The zero-order valence-corrected chi connectivity index (χ0v) is 20.4. The summed E-state index contributed by atoms with van der Waals surface area (Å²) < 4.78 is 2.24. The van der Waals surface area contributed by atoms with Crippen molar-refractivity contribution in [1.29, 1.82) is 0 Å². The predicted molar refractivity (Wildman–Crippen MR) is 131 cm³/mol. The van der Waals surface area contributed by atoms with E-state index in [4.69, 9.17) is 4.99 Å². The van der Waals surface area contributed by atoms with Gasteiger partial charge in [-0.3, -0.25) is 0 Å².